The van der Waals surface area contributed by atoms with Crippen molar-refractivity contribution in [3.8, 4) is 0 Å². The number of nitrogens with zero attached hydrogens (tertiary/aromatic N) is 2. The Morgan fingerprint density at radius 2 is 1.96 bits per heavy atom. The van der Waals surface area contributed by atoms with Crippen molar-refractivity contribution in [1.82, 2.24) is 15.3 Å². The van der Waals surface area contributed by atoms with Gasteiger partial charge >= 0.3 is 0 Å². The minimum Gasteiger partial charge on any atom is -0.381 e. The maximum atomic E-state index is 5.92. The Labute approximate surface area is 147 Å². The highest BCUT2D eigenvalue weighted by Gasteiger charge is 2.33. The SMILES string of the molecule is CC(NC1(CNc2cncc(Cl)n2)CCOCC1)c1ccccc1. The number of benzene rings is 1. The summed E-state index contributed by atoms with van der Waals surface area (Å²) in [6.45, 7) is 4.48. The van der Waals surface area contributed by atoms with Crippen molar-refractivity contribution < 1.29 is 4.74 Å². The molecule has 0 radical (unpaired) electrons. The van der Waals surface area contributed by atoms with Gasteiger partial charge in [0, 0.05) is 31.3 Å². The van der Waals surface area contributed by atoms with Crippen molar-refractivity contribution >= 4 is 17.4 Å². The summed E-state index contributed by atoms with van der Waals surface area (Å²) in [5, 5.41) is 7.58. The van der Waals surface area contributed by atoms with Crippen molar-refractivity contribution in [2.45, 2.75) is 31.3 Å². The smallest absolute Gasteiger partial charge is 0.149 e. The molecule has 1 aliphatic heterocycles. The zero-order valence-corrected chi connectivity index (χ0v) is 14.6. The van der Waals surface area contributed by atoms with E-state index in [9.17, 15) is 0 Å². The van der Waals surface area contributed by atoms with Gasteiger partial charge in [0.05, 0.1) is 12.4 Å². The third kappa shape index (κ3) is 4.44. The number of halogens is 1. The molecule has 1 fully saturated rings. The molecule has 5 nitrogen and oxygen atoms in total. The van der Waals surface area contributed by atoms with Crippen molar-refractivity contribution in [3.63, 3.8) is 0 Å². The molecule has 128 valence electrons. The topological polar surface area (TPSA) is 59.1 Å². The Bertz CT molecular complexity index is 646. The molecule has 2 aromatic rings. The minimum absolute atomic E-state index is 0.0441. The third-order valence-corrected chi connectivity index (χ3v) is 4.67. The number of anilines is 1. The van der Waals surface area contributed by atoms with Crippen LogP contribution in [0, 0.1) is 0 Å². The molecule has 0 saturated carbocycles. The van der Waals surface area contributed by atoms with Crippen LogP contribution in [0.1, 0.15) is 31.4 Å². The van der Waals surface area contributed by atoms with E-state index in [0.717, 1.165) is 32.6 Å². The van der Waals surface area contributed by atoms with Gasteiger partial charge in [-0.15, -0.1) is 0 Å². The van der Waals surface area contributed by atoms with Crippen molar-refractivity contribution in [2.24, 2.45) is 0 Å². The summed E-state index contributed by atoms with van der Waals surface area (Å²) >= 11 is 5.92. The highest BCUT2D eigenvalue weighted by atomic mass is 35.5. The summed E-state index contributed by atoms with van der Waals surface area (Å²) < 4.78 is 5.57. The van der Waals surface area contributed by atoms with Gasteiger partial charge in [0.15, 0.2) is 0 Å². The van der Waals surface area contributed by atoms with E-state index in [4.69, 9.17) is 16.3 Å². The molecule has 1 atom stereocenters. The lowest BCUT2D eigenvalue weighted by molar-refractivity contribution is 0.0389. The van der Waals surface area contributed by atoms with Gasteiger partial charge in [0.25, 0.3) is 0 Å². The quantitative estimate of drug-likeness (QED) is 0.839. The van der Waals surface area contributed by atoms with Gasteiger partial charge < -0.3 is 15.4 Å². The van der Waals surface area contributed by atoms with Crippen molar-refractivity contribution in [3.05, 3.63) is 53.4 Å². The average Bonchev–Trinajstić information content (AvgIpc) is 2.62. The van der Waals surface area contributed by atoms with Gasteiger partial charge in [0.2, 0.25) is 0 Å². The highest BCUT2D eigenvalue weighted by Crippen LogP contribution is 2.26. The van der Waals surface area contributed by atoms with E-state index >= 15 is 0 Å². The van der Waals surface area contributed by atoms with Gasteiger partial charge in [-0.25, -0.2) is 4.98 Å². The van der Waals surface area contributed by atoms with Gasteiger partial charge in [-0.2, -0.15) is 0 Å². The zero-order valence-electron chi connectivity index (χ0n) is 13.8. The van der Waals surface area contributed by atoms with Crippen molar-refractivity contribution in [2.75, 3.05) is 25.1 Å². The molecule has 2 heterocycles. The van der Waals surface area contributed by atoms with Crippen LogP contribution < -0.4 is 10.6 Å². The molecule has 0 bridgehead atoms. The van der Waals surface area contributed by atoms with Gasteiger partial charge in [0.1, 0.15) is 11.0 Å². The number of hydrogen-bond acceptors (Lipinski definition) is 5. The fourth-order valence-corrected chi connectivity index (χ4v) is 3.25. The first-order chi connectivity index (χ1) is 11.7. The second-order valence-electron chi connectivity index (χ2n) is 6.25. The number of hydrogen-bond donors (Lipinski definition) is 2. The largest absolute Gasteiger partial charge is 0.381 e. The summed E-state index contributed by atoms with van der Waals surface area (Å²) in [4.78, 5) is 8.34. The van der Waals surface area contributed by atoms with Gasteiger partial charge in [-0.3, -0.25) is 4.98 Å². The number of ether oxygens (including phenoxy) is 1. The lowest BCUT2D eigenvalue weighted by Gasteiger charge is -2.40. The van der Waals surface area contributed by atoms with Crippen LogP contribution in [0.25, 0.3) is 0 Å². The first-order valence-electron chi connectivity index (χ1n) is 8.29. The van der Waals surface area contributed by atoms with E-state index in [1.54, 1.807) is 6.20 Å². The number of aromatic nitrogens is 2. The molecule has 1 unspecified atom stereocenters. The molecule has 1 aromatic heterocycles. The molecule has 0 aliphatic carbocycles. The van der Waals surface area contributed by atoms with E-state index in [2.05, 4.69) is 51.8 Å². The van der Waals surface area contributed by atoms with Crippen LogP contribution in [-0.4, -0.2) is 35.3 Å². The van der Waals surface area contributed by atoms with Crippen molar-refractivity contribution in [1.29, 1.82) is 0 Å². The van der Waals surface area contributed by atoms with E-state index in [-0.39, 0.29) is 11.6 Å². The second kappa shape index (κ2) is 7.92. The van der Waals surface area contributed by atoms with E-state index < -0.39 is 0 Å². The highest BCUT2D eigenvalue weighted by molar-refractivity contribution is 6.29. The summed E-state index contributed by atoms with van der Waals surface area (Å²) in [7, 11) is 0. The molecule has 1 saturated heterocycles. The second-order valence-corrected chi connectivity index (χ2v) is 6.64. The molecule has 2 N–H and O–H groups in total. The van der Waals surface area contributed by atoms with Gasteiger partial charge in [-0.05, 0) is 25.3 Å². The Morgan fingerprint density at radius 3 is 2.67 bits per heavy atom. The summed E-state index contributed by atoms with van der Waals surface area (Å²) in [5.41, 5.74) is 1.24. The predicted octanol–water partition coefficient (Wildman–Crippen LogP) is 3.44. The molecule has 3 rings (SSSR count). The maximum absolute atomic E-state index is 5.92. The van der Waals surface area contributed by atoms with Crippen LogP contribution in [0.2, 0.25) is 5.15 Å². The fraction of sp³-hybridized carbons (Fsp3) is 0.444. The van der Waals surface area contributed by atoms with Crippen LogP contribution in [0.15, 0.2) is 42.7 Å². The summed E-state index contributed by atoms with van der Waals surface area (Å²) in [5.74, 6) is 0.697. The Hall–Kier alpha value is -1.69. The Morgan fingerprint density at radius 1 is 1.21 bits per heavy atom. The minimum atomic E-state index is -0.0441. The lowest BCUT2D eigenvalue weighted by atomic mass is 9.88. The molecule has 1 aromatic carbocycles. The Kier molecular flexibility index (Phi) is 5.66. The fourth-order valence-electron chi connectivity index (χ4n) is 3.11. The number of rotatable bonds is 6. The van der Waals surface area contributed by atoms with Crippen LogP contribution in [0.3, 0.4) is 0 Å². The normalized spacial score (nSPS) is 18.1. The first kappa shape index (κ1) is 17.1. The third-order valence-electron chi connectivity index (χ3n) is 4.49. The molecular weight excluding hydrogens is 324 g/mol. The molecule has 0 amide bonds. The van der Waals surface area contributed by atoms with E-state index in [1.165, 1.54) is 11.8 Å². The molecule has 6 heteroatoms. The lowest BCUT2D eigenvalue weighted by Crippen LogP contribution is -2.54. The van der Waals surface area contributed by atoms with E-state index in [0.29, 0.717) is 11.0 Å². The maximum Gasteiger partial charge on any atom is 0.149 e. The average molecular weight is 347 g/mol. The molecule has 24 heavy (non-hydrogen) atoms. The van der Waals surface area contributed by atoms with Crippen LogP contribution in [0.4, 0.5) is 5.82 Å². The monoisotopic (exact) mass is 346 g/mol. The molecular formula is C18H23ClN4O. The number of nitrogens with one attached hydrogen (secondary N) is 2. The first-order valence-corrected chi connectivity index (χ1v) is 8.66. The standard InChI is InChI=1S/C18H23ClN4O/c1-14(15-5-3-2-4-6-15)23-18(7-9-24-10-8-18)13-21-17-12-20-11-16(19)22-17/h2-6,11-12,14,23H,7-10,13H2,1H3,(H,21,22). The zero-order chi connectivity index (χ0) is 16.8. The summed E-state index contributed by atoms with van der Waals surface area (Å²) in [6.07, 6.45) is 5.13. The predicted molar refractivity (Wildman–Crippen MR) is 96.3 cm³/mol. The van der Waals surface area contributed by atoms with Crippen LogP contribution in [0.5, 0.6) is 0 Å². The molecule has 0 spiro atoms. The van der Waals surface area contributed by atoms with Crippen LogP contribution >= 0.6 is 11.6 Å². The van der Waals surface area contributed by atoms with Gasteiger partial charge in [-0.1, -0.05) is 41.9 Å². The summed E-state index contributed by atoms with van der Waals surface area (Å²) in [6, 6.07) is 10.8. The van der Waals surface area contributed by atoms with E-state index in [1.807, 2.05) is 6.07 Å². The Balaban J connectivity index is 1.70. The van der Waals surface area contributed by atoms with Crippen LogP contribution in [-0.2, 0) is 4.74 Å². The molecule has 1 aliphatic rings.